The van der Waals surface area contributed by atoms with Crippen LogP contribution < -0.4 is 4.74 Å². The zero-order valence-electron chi connectivity index (χ0n) is 15.2. The van der Waals surface area contributed by atoms with Crippen LogP contribution in [0.3, 0.4) is 0 Å². The molecule has 0 N–H and O–H groups in total. The molecule has 0 aliphatic carbocycles. The van der Waals surface area contributed by atoms with Crippen LogP contribution in [0.4, 0.5) is 4.39 Å². The molecule has 0 bridgehead atoms. The Bertz CT molecular complexity index is 926. The summed E-state index contributed by atoms with van der Waals surface area (Å²) in [5.41, 5.74) is 1.68. The topological polar surface area (TPSA) is 68.5 Å². The van der Waals surface area contributed by atoms with Crippen molar-refractivity contribution < 1.29 is 18.4 Å². The average Bonchev–Trinajstić information content (AvgIpc) is 3.13. The Morgan fingerprint density at radius 2 is 2.04 bits per heavy atom. The highest BCUT2D eigenvalue weighted by Crippen LogP contribution is 2.16. The van der Waals surface area contributed by atoms with Gasteiger partial charge in [0.1, 0.15) is 0 Å². The fourth-order valence-corrected chi connectivity index (χ4v) is 2.52. The molecule has 3 rings (SSSR count). The van der Waals surface area contributed by atoms with Crippen molar-refractivity contribution in [3.8, 4) is 5.75 Å². The van der Waals surface area contributed by atoms with Crippen LogP contribution in [0.15, 0.2) is 53.1 Å². The van der Waals surface area contributed by atoms with Crippen molar-refractivity contribution >= 4 is 5.91 Å². The van der Waals surface area contributed by atoms with Crippen LogP contribution in [0.5, 0.6) is 5.75 Å². The number of amides is 1. The first-order valence-electron chi connectivity index (χ1n) is 8.54. The lowest BCUT2D eigenvalue weighted by molar-refractivity contribution is 0.0795. The fraction of sp³-hybridized carbons (Fsp3) is 0.250. The molecular weight excluding hydrogens is 349 g/mol. The standard InChI is InChI=1S/C20H20FN3O3/c1-14-6-5-7-15(12-14)20(25)24(2)11-10-18-22-19(27-23-18)13-26-17-9-4-3-8-16(17)21/h3-9,12H,10-11,13H2,1-2H3. The van der Waals surface area contributed by atoms with Gasteiger partial charge < -0.3 is 14.2 Å². The number of nitrogens with zero attached hydrogens (tertiary/aromatic N) is 3. The van der Waals surface area contributed by atoms with Gasteiger partial charge >= 0.3 is 0 Å². The zero-order valence-corrected chi connectivity index (χ0v) is 15.2. The highest BCUT2D eigenvalue weighted by molar-refractivity contribution is 5.94. The minimum Gasteiger partial charge on any atom is -0.481 e. The molecule has 0 spiro atoms. The number of aromatic nitrogens is 2. The van der Waals surface area contributed by atoms with Gasteiger partial charge in [-0.05, 0) is 31.2 Å². The maximum atomic E-state index is 13.5. The van der Waals surface area contributed by atoms with Gasteiger partial charge in [0.25, 0.3) is 11.8 Å². The summed E-state index contributed by atoms with van der Waals surface area (Å²) in [6.45, 7) is 2.37. The lowest BCUT2D eigenvalue weighted by Crippen LogP contribution is -2.29. The van der Waals surface area contributed by atoms with E-state index in [1.54, 1.807) is 30.1 Å². The van der Waals surface area contributed by atoms with Crippen molar-refractivity contribution in [3.05, 3.63) is 77.2 Å². The SMILES string of the molecule is Cc1cccc(C(=O)N(C)CCc2noc(COc3ccccc3F)n2)c1. The first-order chi connectivity index (χ1) is 13.0. The number of para-hydroxylation sites is 1. The van der Waals surface area contributed by atoms with Gasteiger partial charge in [0.15, 0.2) is 24.0 Å². The number of carbonyl (C=O) groups excluding carboxylic acids is 1. The molecule has 27 heavy (non-hydrogen) atoms. The second-order valence-corrected chi connectivity index (χ2v) is 6.17. The molecule has 3 aromatic rings. The first-order valence-corrected chi connectivity index (χ1v) is 8.54. The summed E-state index contributed by atoms with van der Waals surface area (Å²) in [6, 6.07) is 13.6. The molecule has 140 valence electrons. The van der Waals surface area contributed by atoms with Gasteiger partial charge in [0, 0.05) is 25.6 Å². The van der Waals surface area contributed by atoms with Crippen molar-refractivity contribution in [2.45, 2.75) is 20.0 Å². The van der Waals surface area contributed by atoms with Crippen LogP contribution in [-0.2, 0) is 13.0 Å². The molecule has 6 nitrogen and oxygen atoms in total. The normalized spacial score (nSPS) is 10.6. The monoisotopic (exact) mass is 369 g/mol. The Hall–Kier alpha value is -3.22. The van der Waals surface area contributed by atoms with E-state index in [1.165, 1.54) is 12.1 Å². The number of ether oxygens (including phenoxy) is 1. The van der Waals surface area contributed by atoms with Gasteiger partial charge in [0.2, 0.25) is 0 Å². The van der Waals surface area contributed by atoms with Crippen LogP contribution in [0.25, 0.3) is 0 Å². The summed E-state index contributed by atoms with van der Waals surface area (Å²) in [4.78, 5) is 18.2. The molecular formula is C20H20FN3O3. The van der Waals surface area contributed by atoms with E-state index in [2.05, 4.69) is 10.1 Å². The molecule has 0 aliphatic heterocycles. The first kappa shape index (κ1) is 18.6. The van der Waals surface area contributed by atoms with E-state index < -0.39 is 5.82 Å². The minimum absolute atomic E-state index is 0.0218. The Labute approximate surface area is 156 Å². The molecule has 0 saturated heterocycles. The second-order valence-electron chi connectivity index (χ2n) is 6.17. The van der Waals surface area contributed by atoms with Crippen molar-refractivity contribution in [1.82, 2.24) is 15.0 Å². The largest absolute Gasteiger partial charge is 0.481 e. The molecule has 0 unspecified atom stereocenters. The molecule has 1 aromatic heterocycles. The Balaban J connectivity index is 1.52. The average molecular weight is 369 g/mol. The lowest BCUT2D eigenvalue weighted by Gasteiger charge is -2.16. The van der Waals surface area contributed by atoms with Crippen molar-refractivity contribution in [3.63, 3.8) is 0 Å². The predicted molar refractivity (Wildman–Crippen MR) is 96.9 cm³/mol. The van der Waals surface area contributed by atoms with Gasteiger partial charge in [-0.15, -0.1) is 0 Å². The number of likely N-dealkylation sites (N-methyl/N-ethyl adjacent to an activating group) is 1. The fourth-order valence-electron chi connectivity index (χ4n) is 2.52. The Kier molecular flexibility index (Phi) is 5.80. The minimum atomic E-state index is -0.450. The van der Waals surface area contributed by atoms with Crippen LogP contribution in [0, 0.1) is 12.7 Å². The van der Waals surface area contributed by atoms with Gasteiger partial charge in [-0.1, -0.05) is 35.0 Å². The molecule has 0 radical (unpaired) electrons. The highest BCUT2D eigenvalue weighted by atomic mass is 19.1. The van der Waals surface area contributed by atoms with E-state index in [9.17, 15) is 9.18 Å². The lowest BCUT2D eigenvalue weighted by atomic mass is 10.1. The number of hydrogen-bond donors (Lipinski definition) is 0. The second kappa shape index (κ2) is 8.44. The Morgan fingerprint density at radius 3 is 2.81 bits per heavy atom. The maximum absolute atomic E-state index is 13.5. The third-order valence-electron chi connectivity index (χ3n) is 3.98. The number of benzene rings is 2. The summed E-state index contributed by atoms with van der Waals surface area (Å²) in [5, 5.41) is 3.87. The van der Waals surface area contributed by atoms with Crippen molar-refractivity contribution in [2.24, 2.45) is 0 Å². The molecule has 2 aromatic carbocycles. The highest BCUT2D eigenvalue weighted by Gasteiger charge is 2.14. The summed E-state index contributed by atoms with van der Waals surface area (Å²) >= 11 is 0. The molecule has 1 amide bonds. The van der Waals surface area contributed by atoms with Crippen LogP contribution in [0.1, 0.15) is 27.6 Å². The van der Waals surface area contributed by atoms with E-state index >= 15 is 0 Å². The van der Waals surface area contributed by atoms with Gasteiger partial charge in [-0.3, -0.25) is 4.79 Å². The van der Waals surface area contributed by atoms with Crippen molar-refractivity contribution in [1.29, 1.82) is 0 Å². The zero-order chi connectivity index (χ0) is 19.2. The smallest absolute Gasteiger partial charge is 0.264 e. The van der Waals surface area contributed by atoms with Gasteiger partial charge in [-0.2, -0.15) is 4.98 Å². The van der Waals surface area contributed by atoms with E-state index in [0.717, 1.165) is 5.56 Å². The van der Waals surface area contributed by atoms with Crippen LogP contribution >= 0.6 is 0 Å². The van der Waals surface area contributed by atoms with Crippen molar-refractivity contribution in [2.75, 3.05) is 13.6 Å². The molecule has 7 heteroatoms. The van der Waals surface area contributed by atoms with E-state index in [1.807, 2.05) is 25.1 Å². The number of aryl methyl sites for hydroxylation is 1. The van der Waals surface area contributed by atoms with Crippen LogP contribution in [0.2, 0.25) is 0 Å². The molecule has 0 aliphatic rings. The summed E-state index contributed by atoms with van der Waals surface area (Å²) in [6.07, 6.45) is 0.442. The number of hydrogen-bond acceptors (Lipinski definition) is 5. The summed E-state index contributed by atoms with van der Waals surface area (Å²) in [5.74, 6) is 0.325. The maximum Gasteiger partial charge on any atom is 0.264 e. The third kappa shape index (κ3) is 4.91. The Morgan fingerprint density at radius 1 is 1.22 bits per heavy atom. The molecule has 1 heterocycles. The van der Waals surface area contributed by atoms with E-state index in [0.29, 0.717) is 24.4 Å². The van der Waals surface area contributed by atoms with E-state index in [-0.39, 0.29) is 24.2 Å². The number of carbonyl (C=O) groups is 1. The van der Waals surface area contributed by atoms with Crippen LogP contribution in [-0.4, -0.2) is 34.5 Å². The van der Waals surface area contributed by atoms with Gasteiger partial charge in [-0.25, -0.2) is 4.39 Å². The molecule has 0 atom stereocenters. The predicted octanol–water partition coefficient (Wildman–Crippen LogP) is 3.41. The molecule has 0 saturated carbocycles. The molecule has 0 fully saturated rings. The third-order valence-corrected chi connectivity index (χ3v) is 3.98. The summed E-state index contributed by atoms with van der Waals surface area (Å²) in [7, 11) is 1.73. The number of rotatable bonds is 7. The van der Waals surface area contributed by atoms with E-state index in [4.69, 9.17) is 9.26 Å². The summed E-state index contributed by atoms with van der Waals surface area (Å²) < 4.78 is 24.0. The quantitative estimate of drug-likeness (QED) is 0.638. The van der Waals surface area contributed by atoms with Gasteiger partial charge in [0.05, 0.1) is 0 Å². The number of halogens is 1.